The molecule has 4 aromatic carbocycles. The molecule has 0 amide bonds. The molecule has 0 spiro atoms. The largest absolute Gasteiger partial charge is 0.492 e. The summed E-state index contributed by atoms with van der Waals surface area (Å²) >= 11 is 0. The van der Waals surface area contributed by atoms with E-state index in [-0.39, 0.29) is 6.04 Å². The molecular formula is C38H43NO4. The van der Waals surface area contributed by atoms with Gasteiger partial charge in [0.1, 0.15) is 12.4 Å². The molecule has 4 aromatic rings. The Morgan fingerprint density at radius 1 is 0.907 bits per heavy atom. The number of benzene rings is 4. The van der Waals surface area contributed by atoms with Crippen molar-refractivity contribution in [2.75, 3.05) is 26.8 Å². The molecule has 1 aliphatic rings. The second kappa shape index (κ2) is 14.0. The average Bonchev–Trinajstić information content (AvgIpc) is 3.17. The second-order valence-corrected chi connectivity index (χ2v) is 11.7. The third-order valence-corrected chi connectivity index (χ3v) is 8.66. The number of fused-ring (bicyclic) bond motifs is 2. The molecule has 0 bridgehead atoms. The van der Waals surface area contributed by atoms with Crippen molar-refractivity contribution in [1.82, 2.24) is 4.90 Å². The number of nitrogens with zero attached hydrogens (tertiary/aromatic N) is 1. The molecule has 1 N–H and O–H groups in total. The van der Waals surface area contributed by atoms with Crippen LogP contribution < -0.4 is 4.74 Å². The Morgan fingerprint density at radius 2 is 1.65 bits per heavy atom. The van der Waals surface area contributed by atoms with E-state index in [4.69, 9.17) is 9.47 Å². The van der Waals surface area contributed by atoms with Gasteiger partial charge in [-0.25, -0.2) is 4.79 Å². The number of hydrogen-bond donors (Lipinski definition) is 1. The van der Waals surface area contributed by atoms with Crippen LogP contribution in [0.1, 0.15) is 70.3 Å². The highest BCUT2D eigenvalue weighted by Gasteiger charge is 2.28. The number of rotatable bonds is 12. The van der Waals surface area contributed by atoms with Crippen molar-refractivity contribution < 1.29 is 19.4 Å². The number of carboxylic acids is 1. The van der Waals surface area contributed by atoms with Crippen LogP contribution in [-0.2, 0) is 28.8 Å². The van der Waals surface area contributed by atoms with Crippen LogP contribution in [0.15, 0.2) is 91.0 Å². The number of likely N-dealkylation sites (N-methyl/N-ethyl adjacent to an activating group) is 1. The maximum absolute atomic E-state index is 11.4. The van der Waals surface area contributed by atoms with Crippen molar-refractivity contribution in [3.8, 4) is 5.75 Å². The molecule has 0 radical (unpaired) electrons. The topological polar surface area (TPSA) is 59.0 Å². The summed E-state index contributed by atoms with van der Waals surface area (Å²) in [6, 6.07) is 32.6. The Bertz CT molecular complexity index is 1520. The highest BCUT2D eigenvalue weighted by molar-refractivity contribution is 5.72. The zero-order chi connectivity index (χ0) is 30.3. The zero-order valence-corrected chi connectivity index (χ0v) is 25.8. The lowest BCUT2D eigenvalue weighted by Crippen LogP contribution is -2.30. The highest BCUT2D eigenvalue weighted by atomic mass is 16.5. The summed E-state index contributed by atoms with van der Waals surface area (Å²) in [7, 11) is 2.19. The third kappa shape index (κ3) is 7.35. The van der Waals surface area contributed by atoms with Crippen LogP contribution in [0.25, 0.3) is 0 Å². The summed E-state index contributed by atoms with van der Waals surface area (Å²) in [5.41, 5.74) is 10.5. The second-order valence-electron chi connectivity index (χ2n) is 11.7. The molecule has 5 heteroatoms. The van der Waals surface area contributed by atoms with E-state index >= 15 is 0 Å². The van der Waals surface area contributed by atoms with Gasteiger partial charge >= 0.3 is 5.97 Å². The van der Waals surface area contributed by atoms with Gasteiger partial charge in [0.2, 0.25) is 0 Å². The molecular weight excluding hydrogens is 534 g/mol. The van der Waals surface area contributed by atoms with Crippen LogP contribution in [0.3, 0.4) is 0 Å². The van der Waals surface area contributed by atoms with Gasteiger partial charge in [-0.2, -0.15) is 0 Å². The van der Waals surface area contributed by atoms with E-state index in [0.717, 1.165) is 30.7 Å². The van der Waals surface area contributed by atoms with Gasteiger partial charge in [0.25, 0.3) is 0 Å². The first-order chi connectivity index (χ1) is 20.8. The molecule has 0 aliphatic heterocycles. The monoisotopic (exact) mass is 577 g/mol. The normalized spacial score (nSPS) is 15.7. The number of hydrogen-bond acceptors (Lipinski definition) is 4. The summed E-state index contributed by atoms with van der Waals surface area (Å²) in [6.07, 6.45) is 1.56. The summed E-state index contributed by atoms with van der Waals surface area (Å²) in [5, 5.41) is 9.38. The number of carboxylic acid groups (broad SMARTS) is 1. The summed E-state index contributed by atoms with van der Waals surface area (Å²) < 4.78 is 11.5. The molecule has 3 atom stereocenters. The fraction of sp³-hybridized carbons (Fsp3) is 0.342. The highest BCUT2D eigenvalue weighted by Crippen LogP contribution is 2.38. The van der Waals surface area contributed by atoms with E-state index in [0.29, 0.717) is 25.6 Å². The molecule has 0 saturated heterocycles. The Labute approximate surface area is 256 Å². The van der Waals surface area contributed by atoms with E-state index in [1.54, 1.807) is 6.92 Å². The minimum atomic E-state index is -0.941. The minimum absolute atomic E-state index is 0.144. The van der Waals surface area contributed by atoms with Crippen LogP contribution >= 0.6 is 0 Å². The predicted molar refractivity (Wildman–Crippen MR) is 172 cm³/mol. The Balaban J connectivity index is 1.32. The molecule has 1 aliphatic carbocycles. The zero-order valence-electron chi connectivity index (χ0n) is 25.8. The third-order valence-electron chi connectivity index (χ3n) is 8.66. The van der Waals surface area contributed by atoms with Gasteiger partial charge in [0.05, 0.1) is 6.04 Å². The fourth-order valence-electron chi connectivity index (χ4n) is 6.21. The van der Waals surface area contributed by atoms with E-state index in [2.05, 4.69) is 92.5 Å². The van der Waals surface area contributed by atoms with Gasteiger partial charge in [-0.3, -0.25) is 4.90 Å². The van der Waals surface area contributed by atoms with Crippen molar-refractivity contribution in [3.63, 3.8) is 0 Å². The molecule has 5 nitrogen and oxygen atoms in total. The lowest BCUT2D eigenvalue weighted by Gasteiger charge is -2.31. The summed E-state index contributed by atoms with van der Waals surface area (Å²) in [6.45, 7) is 7.95. The van der Waals surface area contributed by atoms with E-state index in [9.17, 15) is 9.90 Å². The number of aryl methyl sites for hydroxylation is 3. The molecule has 224 valence electrons. The summed E-state index contributed by atoms with van der Waals surface area (Å²) in [5.74, 6) is 0.172. The first kappa shape index (κ1) is 30.5. The standard InChI is InChI=1S/C38H43NO4/c1-5-42-36(38(40)41)24-28-12-18-33(19-13-28)43-22-21-39(4)37-34-20-17-31(27(3)29-9-7-6-8-10-29)25-32(34)16-15-30-14-11-26(2)23-35(30)37/h6-14,17-20,23,25,27,36-37H,5,15-16,21-22,24H2,1-4H3,(H,40,41). The summed E-state index contributed by atoms with van der Waals surface area (Å²) in [4.78, 5) is 13.9. The van der Waals surface area contributed by atoms with Crippen molar-refractivity contribution in [3.05, 3.63) is 136 Å². The molecule has 0 saturated carbocycles. The van der Waals surface area contributed by atoms with Crippen LogP contribution in [-0.4, -0.2) is 48.9 Å². The molecule has 0 heterocycles. The predicted octanol–water partition coefficient (Wildman–Crippen LogP) is 7.38. The first-order valence-electron chi connectivity index (χ1n) is 15.4. The smallest absolute Gasteiger partial charge is 0.333 e. The van der Waals surface area contributed by atoms with Crippen LogP contribution in [0.2, 0.25) is 0 Å². The van der Waals surface area contributed by atoms with Crippen LogP contribution in [0.5, 0.6) is 5.75 Å². The Hall–Kier alpha value is -3.93. The van der Waals surface area contributed by atoms with Crippen molar-refractivity contribution in [2.24, 2.45) is 0 Å². The minimum Gasteiger partial charge on any atom is -0.492 e. The lowest BCUT2D eigenvalue weighted by atomic mass is 9.87. The van der Waals surface area contributed by atoms with Gasteiger partial charge in [-0.05, 0) is 84.8 Å². The van der Waals surface area contributed by atoms with Gasteiger partial charge < -0.3 is 14.6 Å². The van der Waals surface area contributed by atoms with Crippen molar-refractivity contribution >= 4 is 5.97 Å². The van der Waals surface area contributed by atoms with Crippen LogP contribution in [0.4, 0.5) is 0 Å². The van der Waals surface area contributed by atoms with E-state index in [1.165, 1.54) is 38.9 Å². The van der Waals surface area contributed by atoms with E-state index < -0.39 is 12.1 Å². The first-order valence-corrected chi connectivity index (χ1v) is 15.4. The van der Waals surface area contributed by atoms with Crippen molar-refractivity contribution in [1.29, 1.82) is 0 Å². The lowest BCUT2D eigenvalue weighted by molar-refractivity contribution is -0.149. The number of aliphatic carboxylic acids is 1. The van der Waals surface area contributed by atoms with Gasteiger partial charge in [0, 0.05) is 25.5 Å². The molecule has 43 heavy (non-hydrogen) atoms. The SMILES string of the molecule is CCOC(Cc1ccc(OCCN(C)C2c3ccc(C(C)c4ccccc4)cc3CCc3ccc(C)cc32)cc1)C(=O)O. The Kier molecular flexibility index (Phi) is 9.96. The van der Waals surface area contributed by atoms with E-state index in [1.807, 2.05) is 24.3 Å². The van der Waals surface area contributed by atoms with Gasteiger partial charge in [0.15, 0.2) is 6.10 Å². The molecule has 0 fully saturated rings. The number of carbonyl (C=O) groups is 1. The maximum atomic E-state index is 11.4. The molecule has 0 aromatic heterocycles. The van der Waals surface area contributed by atoms with Gasteiger partial charge in [-0.1, -0.05) is 91.3 Å². The van der Waals surface area contributed by atoms with Crippen LogP contribution in [0, 0.1) is 6.92 Å². The fourth-order valence-corrected chi connectivity index (χ4v) is 6.21. The molecule has 5 rings (SSSR count). The quantitative estimate of drug-likeness (QED) is 0.190. The molecule has 3 unspecified atom stereocenters. The maximum Gasteiger partial charge on any atom is 0.333 e. The average molecular weight is 578 g/mol. The number of ether oxygens (including phenoxy) is 2. The van der Waals surface area contributed by atoms with Crippen molar-refractivity contribution in [2.45, 2.75) is 58.1 Å². The van der Waals surface area contributed by atoms with Gasteiger partial charge in [-0.15, -0.1) is 0 Å². The Morgan fingerprint density at radius 3 is 2.37 bits per heavy atom.